The monoisotopic (exact) mass is 192 g/mol. The molecule has 1 aromatic rings. The van der Waals surface area contributed by atoms with Crippen molar-refractivity contribution in [1.82, 2.24) is 0 Å². The van der Waals surface area contributed by atoms with Crippen molar-refractivity contribution in [2.24, 2.45) is 5.92 Å². The van der Waals surface area contributed by atoms with E-state index in [1.165, 1.54) is 11.6 Å². The Morgan fingerprint density at radius 2 is 2.21 bits per heavy atom. The van der Waals surface area contributed by atoms with Crippen LogP contribution in [0.15, 0.2) is 36.4 Å². The second-order valence-corrected chi connectivity index (χ2v) is 3.77. The molecule has 0 aliphatic heterocycles. The lowest BCUT2D eigenvalue weighted by atomic mass is 9.94. The summed E-state index contributed by atoms with van der Waals surface area (Å²) in [6, 6.07) is 6.73. The fourth-order valence-electron chi connectivity index (χ4n) is 1.37. The van der Waals surface area contributed by atoms with Crippen LogP contribution >= 0.6 is 0 Å². The van der Waals surface area contributed by atoms with E-state index in [0.717, 1.165) is 18.4 Å². The van der Waals surface area contributed by atoms with Crippen LogP contribution in [0.1, 0.15) is 25.8 Å². The van der Waals surface area contributed by atoms with Crippen molar-refractivity contribution in [1.29, 1.82) is 0 Å². The first-order valence-corrected chi connectivity index (χ1v) is 5.05. The maximum absolute atomic E-state index is 12.9. The van der Waals surface area contributed by atoms with Crippen molar-refractivity contribution in [2.45, 2.75) is 26.7 Å². The van der Waals surface area contributed by atoms with Gasteiger partial charge in [0.15, 0.2) is 0 Å². The summed E-state index contributed by atoms with van der Waals surface area (Å²) in [6.45, 7) is 8.32. The van der Waals surface area contributed by atoms with Crippen molar-refractivity contribution in [3.63, 3.8) is 0 Å². The molecule has 1 heteroatoms. The lowest BCUT2D eigenvalue weighted by molar-refractivity contribution is 0.621. The highest BCUT2D eigenvalue weighted by Crippen LogP contribution is 2.17. The van der Waals surface area contributed by atoms with Crippen molar-refractivity contribution < 1.29 is 4.39 Å². The van der Waals surface area contributed by atoms with Crippen LogP contribution in [-0.4, -0.2) is 0 Å². The number of hydrogen-bond acceptors (Lipinski definition) is 0. The molecule has 1 unspecified atom stereocenters. The summed E-state index contributed by atoms with van der Waals surface area (Å²) in [5.41, 5.74) is 2.19. The van der Waals surface area contributed by atoms with Crippen LogP contribution in [-0.2, 0) is 6.42 Å². The van der Waals surface area contributed by atoms with Gasteiger partial charge in [0.05, 0.1) is 0 Å². The predicted molar refractivity (Wildman–Crippen MR) is 58.7 cm³/mol. The summed E-state index contributed by atoms with van der Waals surface area (Å²) in [4.78, 5) is 0. The molecular formula is C13H17F. The van der Waals surface area contributed by atoms with E-state index in [1.54, 1.807) is 12.1 Å². The summed E-state index contributed by atoms with van der Waals surface area (Å²) < 4.78 is 12.9. The van der Waals surface area contributed by atoms with Crippen molar-refractivity contribution in [2.75, 3.05) is 0 Å². The molecule has 0 saturated heterocycles. The van der Waals surface area contributed by atoms with Gasteiger partial charge in [0.2, 0.25) is 0 Å². The zero-order valence-electron chi connectivity index (χ0n) is 8.89. The third-order valence-corrected chi connectivity index (χ3v) is 2.63. The maximum Gasteiger partial charge on any atom is 0.123 e. The van der Waals surface area contributed by atoms with Crippen molar-refractivity contribution in [3.8, 4) is 0 Å². The number of benzene rings is 1. The Labute approximate surface area is 85.5 Å². The molecule has 0 amide bonds. The first kappa shape index (κ1) is 11.0. The summed E-state index contributed by atoms with van der Waals surface area (Å²) in [7, 11) is 0. The standard InChI is InChI=1S/C13H17F/c1-4-10(2)11(3)8-12-6-5-7-13(14)9-12/h5-7,9-10H,3-4,8H2,1-2H3. The summed E-state index contributed by atoms with van der Waals surface area (Å²) in [5.74, 6) is 0.345. The Morgan fingerprint density at radius 1 is 1.50 bits per heavy atom. The minimum absolute atomic E-state index is 0.167. The molecule has 0 heterocycles. The van der Waals surface area contributed by atoms with Gasteiger partial charge in [-0.05, 0) is 36.5 Å². The third kappa shape index (κ3) is 2.99. The molecule has 0 radical (unpaired) electrons. The Bertz CT molecular complexity index is 315. The molecule has 0 aliphatic rings. The van der Waals surface area contributed by atoms with E-state index in [-0.39, 0.29) is 5.82 Å². The second-order valence-electron chi connectivity index (χ2n) is 3.77. The van der Waals surface area contributed by atoms with Gasteiger partial charge in [-0.3, -0.25) is 0 Å². The molecule has 76 valence electrons. The normalized spacial score (nSPS) is 12.5. The average molecular weight is 192 g/mol. The van der Waals surface area contributed by atoms with Crippen LogP contribution < -0.4 is 0 Å². The molecule has 0 aromatic heterocycles. The van der Waals surface area contributed by atoms with Crippen LogP contribution in [0.4, 0.5) is 4.39 Å². The lowest BCUT2D eigenvalue weighted by Gasteiger charge is -2.12. The van der Waals surface area contributed by atoms with E-state index in [0.29, 0.717) is 5.92 Å². The summed E-state index contributed by atoms with van der Waals surface area (Å²) in [5, 5.41) is 0. The van der Waals surface area contributed by atoms with E-state index in [4.69, 9.17) is 0 Å². The van der Waals surface area contributed by atoms with Crippen molar-refractivity contribution in [3.05, 3.63) is 47.8 Å². The molecule has 0 N–H and O–H groups in total. The predicted octanol–water partition coefficient (Wildman–Crippen LogP) is 3.97. The molecule has 1 rings (SSSR count). The zero-order chi connectivity index (χ0) is 10.6. The van der Waals surface area contributed by atoms with E-state index in [2.05, 4.69) is 20.4 Å². The minimum atomic E-state index is -0.167. The Balaban J connectivity index is 2.65. The average Bonchev–Trinajstić information content (AvgIpc) is 2.16. The first-order valence-electron chi connectivity index (χ1n) is 5.05. The van der Waals surface area contributed by atoms with E-state index >= 15 is 0 Å². The van der Waals surface area contributed by atoms with E-state index < -0.39 is 0 Å². The van der Waals surface area contributed by atoms with Gasteiger partial charge in [0.25, 0.3) is 0 Å². The summed E-state index contributed by atoms with van der Waals surface area (Å²) >= 11 is 0. The number of halogens is 1. The van der Waals surface area contributed by atoms with Crippen LogP contribution in [0.3, 0.4) is 0 Å². The van der Waals surface area contributed by atoms with Gasteiger partial charge >= 0.3 is 0 Å². The molecule has 1 aromatic carbocycles. The fourth-order valence-corrected chi connectivity index (χ4v) is 1.37. The highest BCUT2D eigenvalue weighted by atomic mass is 19.1. The fraction of sp³-hybridized carbons (Fsp3) is 0.385. The van der Waals surface area contributed by atoms with Gasteiger partial charge in [0, 0.05) is 0 Å². The molecule has 0 spiro atoms. The van der Waals surface area contributed by atoms with E-state index in [1.807, 2.05) is 6.07 Å². The summed E-state index contributed by atoms with van der Waals surface area (Å²) in [6.07, 6.45) is 1.88. The molecule has 0 bridgehead atoms. The number of rotatable bonds is 4. The Kier molecular flexibility index (Phi) is 3.87. The lowest BCUT2D eigenvalue weighted by Crippen LogP contribution is -2.00. The van der Waals surface area contributed by atoms with Crippen molar-refractivity contribution >= 4 is 0 Å². The van der Waals surface area contributed by atoms with Crippen LogP contribution in [0.5, 0.6) is 0 Å². The van der Waals surface area contributed by atoms with Gasteiger partial charge in [0.1, 0.15) is 5.82 Å². The van der Waals surface area contributed by atoms with Gasteiger partial charge in [-0.1, -0.05) is 38.1 Å². The largest absolute Gasteiger partial charge is 0.207 e. The zero-order valence-corrected chi connectivity index (χ0v) is 8.89. The smallest absolute Gasteiger partial charge is 0.123 e. The maximum atomic E-state index is 12.9. The molecule has 1 atom stereocenters. The second kappa shape index (κ2) is 4.94. The van der Waals surface area contributed by atoms with Crippen LogP contribution in [0.25, 0.3) is 0 Å². The molecular weight excluding hydrogens is 175 g/mol. The van der Waals surface area contributed by atoms with Gasteiger partial charge in [-0.25, -0.2) is 4.39 Å². The number of allylic oxidation sites excluding steroid dienone is 1. The van der Waals surface area contributed by atoms with Gasteiger partial charge in [-0.2, -0.15) is 0 Å². The van der Waals surface area contributed by atoms with E-state index in [9.17, 15) is 4.39 Å². The molecule has 0 saturated carbocycles. The topological polar surface area (TPSA) is 0 Å². The minimum Gasteiger partial charge on any atom is -0.207 e. The molecule has 0 aliphatic carbocycles. The highest BCUT2D eigenvalue weighted by Gasteiger charge is 2.05. The quantitative estimate of drug-likeness (QED) is 0.633. The molecule has 0 fully saturated rings. The first-order chi connectivity index (χ1) is 6.63. The number of hydrogen-bond donors (Lipinski definition) is 0. The Hall–Kier alpha value is -1.11. The third-order valence-electron chi connectivity index (χ3n) is 2.63. The van der Waals surface area contributed by atoms with Crippen LogP contribution in [0, 0.1) is 11.7 Å². The van der Waals surface area contributed by atoms with Gasteiger partial charge < -0.3 is 0 Å². The molecule has 0 nitrogen and oxygen atoms in total. The SMILES string of the molecule is C=C(Cc1cccc(F)c1)C(C)CC. The van der Waals surface area contributed by atoms with Crippen LogP contribution in [0.2, 0.25) is 0 Å². The van der Waals surface area contributed by atoms with Gasteiger partial charge in [-0.15, -0.1) is 0 Å². The molecule has 14 heavy (non-hydrogen) atoms. The highest BCUT2D eigenvalue weighted by molar-refractivity contribution is 5.22. The Morgan fingerprint density at radius 3 is 2.79 bits per heavy atom.